The van der Waals surface area contributed by atoms with Crippen LogP contribution in [0.1, 0.15) is 0 Å². The normalized spacial score (nSPS) is 40.6. The molecule has 0 aromatic carbocycles. The predicted molar refractivity (Wildman–Crippen MR) is 46.8 cm³/mol. The standard InChI is InChI=1S/C6H8BrN3O2/c7-5-4(11)2-1-3(6(5)12)9-10-8/h1-6,11-12H/t3-,4+,5-,6+/m1/s1. The molecule has 0 saturated carbocycles. The maximum Gasteiger partial charge on any atom is 0.0871 e. The lowest BCUT2D eigenvalue weighted by molar-refractivity contribution is 0.0965. The van der Waals surface area contributed by atoms with Crippen molar-refractivity contribution in [3.63, 3.8) is 0 Å². The van der Waals surface area contributed by atoms with Gasteiger partial charge in [-0.1, -0.05) is 33.2 Å². The van der Waals surface area contributed by atoms with Crippen LogP contribution in [-0.4, -0.2) is 33.3 Å². The van der Waals surface area contributed by atoms with Crippen molar-refractivity contribution in [2.45, 2.75) is 23.1 Å². The fourth-order valence-electron chi connectivity index (χ4n) is 1.00. The van der Waals surface area contributed by atoms with Crippen LogP contribution in [0.25, 0.3) is 10.4 Å². The Labute approximate surface area is 77.5 Å². The van der Waals surface area contributed by atoms with Crippen LogP contribution in [-0.2, 0) is 0 Å². The lowest BCUT2D eigenvalue weighted by Crippen LogP contribution is -2.41. The van der Waals surface area contributed by atoms with E-state index in [0.29, 0.717) is 0 Å². The first kappa shape index (κ1) is 9.54. The molecule has 66 valence electrons. The lowest BCUT2D eigenvalue weighted by atomic mass is 9.98. The fraction of sp³-hybridized carbons (Fsp3) is 0.667. The third-order valence-corrected chi connectivity index (χ3v) is 2.78. The molecule has 0 heterocycles. The van der Waals surface area contributed by atoms with Crippen molar-refractivity contribution in [1.29, 1.82) is 0 Å². The number of alkyl halides is 1. The van der Waals surface area contributed by atoms with Crippen LogP contribution in [0.4, 0.5) is 0 Å². The minimum Gasteiger partial charge on any atom is -0.391 e. The number of halogens is 1. The molecule has 0 aromatic rings. The first-order valence-corrected chi connectivity index (χ1v) is 4.31. The van der Waals surface area contributed by atoms with Gasteiger partial charge in [0.25, 0.3) is 0 Å². The molecule has 0 fully saturated rings. The molecule has 2 N–H and O–H groups in total. The molecule has 1 aliphatic rings. The third kappa shape index (κ3) is 1.78. The summed E-state index contributed by atoms with van der Waals surface area (Å²) < 4.78 is 0. The number of nitrogens with zero attached hydrogens (tertiary/aromatic N) is 3. The van der Waals surface area contributed by atoms with Crippen molar-refractivity contribution >= 4 is 15.9 Å². The molecule has 0 bridgehead atoms. The Morgan fingerprint density at radius 1 is 1.42 bits per heavy atom. The van der Waals surface area contributed by atoms with Crippen molar-refractivity contribution in [3.8, 4) is 0 Å². The molecular weight excluding hydrogens is 226 g/mol. The highest BCUT2D eigenvalue weighted by molar-refractivity contribution is 9.09. The van der Waals surface area contributed by atoms with Gasteiger partial charge in [-0.15, -0.1) is 0 Å². The van der Waals surface area contributed by atoms with Gasteiger partial charge in [-0.3, -0.25) is 0 Å². The summed E-state index contributed by atoms with van der Waals surface area (Å²) in [5, 5.41) is 22.0. The molecule has 0 saturated heterocycles. The minimum absolute atomic E-state index is 0.474. The second-order valence-electron chi connectivity index (χ2n) is 2.51. The van der Waals surface area contributed by atoms with Crippen LogP contribution in [0, 0.1) is 0 Å². The largest absolute Gasteiger partial charge is 0.391 e. The average molecular weight is 234 g/mol. The van der Waals surface area contributed by atoms with Gasteiger partial charge in [0, 0.05) is 4.91 Å². The minimum atomic E-state index is -0.874. The molecule has 4 atom stereocenters. The number of hydrogen-bond acceptors (Lipinski definition) is 3. The molecule has 1 rings (SSSR count). The van der Waals surface area contributed by atoms with E-state index in [1.165, 1.54) is 12.2 Å². The monoisotopic (exact) mass is 233 g/mol. The van der Waals surface area contributed by atoms with Crippen LogP contribution in [0.3, 0.4) is 0 Å². The Balaban J connectivity index is 2.80. The molecule has 0 aliphatic heterocycles. The third-order valence-electron chi connectivity index (χ3n) is 1.69. The molecule has 0 unspecified atom stereocenters. The van der Waals surface area contributed by atoms with Crippen LogP contribution >= 0.6 is 15.9 Å². The first-order chi connectivity index (χ1) is 5.66. The summed E-state index contributed by atoms with van der Waals surface area (Å²) >= 11 is 3.09. The predicted octanol–water partition coefficient (Wildman–Crippen LogP) is 0.720. The summed E-state index contributed by atoms with van der Waals surface area (Å²) in [6.07, 6.45) is 1.38. The van der Waals surface area contributed by atoms with E-state index < -0.39 is 23.1 Å². The maximum absolute atomic E-state index is 9.42. The maximum atomic E-state index is 9.42. The summed E-state index contributed by atoms with van der Waals surface area (Å²) in [5.74, 6) is 0. The molecule has 12 heavy (non-hydrogen) atoms. The van der Waals surface area contributed by atoms with Crippen LogP contribution < -0.4 is 0 Å². The second kappa shape index (κ2) is 3.91. The second-order valence-corrected chi connectivity index (χ2v) is 3.56. The summed E-state index contributed by atoms with van der Waals surface area (Å²) in [7, 11) is 0. The highest BCUT2D eigenvalue weighted by Gasteiger charge is 2.31. The topological polar surface area (TPSA) is 89.2 Å². The van der Waals surface area contributed by atoms with E-state index in [2.05, 4.69) is 26.0 Å². The van der Waals surface area contributed by atoms with E-state index in [9.17, 15) is 10.2 Å². The Morgan fingerprint density at radius 2 is 2.08 bits per heavy atom. The zero-order valence-electron chi connectivity index (χ0n) is 6.08. The van der Waals surface area contributed by atoms with E-state index in [0.717, 1.165) is 0 Å². The van der Waals surface area contributed by atoms with E-state index >= 15 is 0 Å². The van der Waals surface area contributed by atoms with Gasteiger partial charge < -0.3 is 10.2 Å². The number of aliphatic hydroxyl groups is 2. The van der Waals surface area contributed by atoms with Gasteiger partial charge in [-0.25, -0.2) is 0 Å². The Hall–Kier alpha value is -0.550. The van der Waals surface area contributed by atoms with Crippen molar-refractivity contribution in [3.05, 3.63) is 22.6 Å². The molecular formula is C6H8BrN3O2. The lowest BCUT2D eigenvalue weighted by Gasteiger charge is -2.27. The molecule has 0 radical (unpaired) electrons. The van der Waals surface area contributed by atoms with Gasteiger partial charge in [0.05, 0.1) is 23.1 Å². The summed E-state index contributed by atoms with van der Waals surface area (Å²) in [6, 6.07) is -0.595. The van der Waals surface area contributed by atoms with Crippen molar-refractivity contribution in [1.82, 2.24) is 0 Å². The summed E-state index contributed by atoms with van der Waals surface area (Å²) in [5.41, 5.74) is 8.12. The Kier molecular flexibility index (Phi) is 3.11. The zero-order chi connectivity index (χ0) is 9.14. The SMILES string of the molecule is [N-]=[N+]=N[C@@H]1C=C[C@H](O)[C@@H](Br)[C@H]1O. The molecule has 0 amide bonds. The fourth-order valence-corrected chi connectivity index (χ4v) is 1.49. The van der Waals surface area contributed by atoms with Gasteiger partial charge >= 0.3 is 0 Å². The summed E-state index contributed by atoms with van der Waals surface area (Å²) in [4.78, 5) is 2.11. The van der Waals surface area contributed by atoms with Crippen LogP contribution in [0.15, 0.2) is 17.3 Å². The first-order valence-electron chi connectivity index (χ1n) is 3.39. The quantitative estimate of drug-likeness (QED) is 0.230. The van der Waals surface area contributed by atoms with E-state index in [1.807, 2.05) is 0 Å². The highest BCUT2D eigenvalue weighted by Crippen LogP contribution is 2.22. The van der Waals surface area contributed by atoms with E-state index in [-0.39, 0.29) is 0 Å². The Bertz CT molecular complexity index is 239. The number of rotatable bonds is 1. The van der Waals surface area contributed by atoms with E-state index in [4.69, 9.17) is 5.53 Å². The van der Waals surface area contributed by atoms with Crippen molar-refractivity contribution < 1.29 is 10.2 Å². The molecule has 0 aromatic heterocycles. The van der Waals surface area contributed by atoms with E-state index in [1.54, 1.807) is 0 Å². The number of hydrogen-bond donors (Lipinski definition) is 2. The average Bonchev–Trinajstić information content (AvgIpc) is 2.07. The molecule has 6 heteroatoms. The van der Waals surface area contributed by atoms with Gasteiger partial charge in [0.1, 0.15) is 0 Å². The molecule has 0 spiro atoms. The van der Waals surface area contributed by atoms with Gasteiger partial charge in [0.2, 0.25) is 0 Å². The van der Waals surface area contributed by atoms with Crippen molar-refractivity contribution in [2.75, 3.05) is 0 Å². The van der Waals surface area contributed by atoms with Crippen LogP contribution in [0.5, 0.6) is 0 Å². The van der Waals surface area contributed by atoms with Gasteiger partial charge in [-0.2, -0.15) is 0 Å². The zero-order valence-corrected chi connectivity index (χ0v) is 7.66. The molecule has 5 nitrogen and oxygen atoms in total. The van der Waals surface area contributed by atoms with Gasteiger partial charge in [0.15, 0.2) is 0 Å². The van der Waals surface area contributed by atoms with Crippen LogP contribution in [0.2, 0.25) is 0 Å². The number of aliphatic hydroxyl groups excluding tert-OH is 2. The highest BCUT2D eigenvalue weighted by atomic mass is 79.9. The smallest absolute Gasteiger partial charge is 0.0871 e. The Morgan fingerprint density at radius 3 is 2.67 bits per heavy atom. The summed E-state index contributed by atoms with van der Waals surface area (Å²) in [6.45, 7) is 0. The molecule has 1 aliphatic carbocycles. The van der Waals surface area contributed by atoms with Gasteiger partial charge in [-0.05, 0) is 5.53 Å². The number of azide groups is 1. The van der Waals surface area contributed by atoms with Crippen molar-refractivity contribution in [2.24, 2.45) is 5.11 Å².